The van der Waals surface area contributed by atoms with Gasteiger partial charge in [0.1, 0.15) is 0 Å². The van der Waals surface area contributed by atoms with Gasteiger partial charge in [0, 0.05) is 11.6 Å². The fourth-order valence-corrected chi connectivity index (χ4v) is 2.00. The van der Waals surface area contributed by atoms with Crippen molar-refractivity contribution in [3.05, 3.63) is 42.1 Å². The van der Waals surface area contributed by atoms with Gasteiger partial charge < -0.3 is 5.73 Å². The van der Waals surface area contributed by atoms with E-state index in [9.17, 15) is 13.2 Å². The Morgan fingerprint density at radius 2 is 2.00 bits per heavy atom. The Morgan fingerprint density at radius 3 is 2.67 bits per heavy atom. The molecule has 1 atom stereocenters. The first-order valence-corrected chi connectivity index (χ1v) is 5.64. The third-order valence-corrected chi connectivity index (χ3v) is 2.88. The van der Waals surface area contributed by atoms with E-state index in [0.717, 1.165) is 0 Å². The molecule has 0 bridgehead atoms. The Bertz CT molecular complexity index is 537. The number of hydrogen-bond acceptors (Lipinski definition) is 2. The second-order valence-electron chi connectivity index (χ2n) is 4.13. The van der Waals surface area contributed by atoms with Gasteiger partial charge in [-0.3, -0.25) is 4.98 Å². The van der Waals surface area contributed by atoms with E-state index in [4.69, 9.17) is 5.73 Å². The van der Waals surface area contributed by atoms with Gasteiger partial charge in [-0.2, -0.15) is 13.2 Å². The topological polar surface area (TPSA) is 38.9 Å². The van der Waals surface area contributed by atoms with Crippen molar-refractivity contribution in [2.75, 3.05) is 6.54 Å². The minimum atomic E-state index is -4.27. The third-order valence-electron chi connectivity index (χ3n) is 2.88. The highest BCUT2D eigenvalue weighted by molar-refractivity contribution is 5.79. The van der Waals surface area contributed by atoms with Gasteiger partial charge in [0.15, 0.2) is 0 Å². The summed E-state index contributed by atoms with van der Waals surface area (Å²) >= 11 is 0. The van der Waals surface area contributed by atoms with Crippen molar-refractivity contribution in [2.45, 2.75) is 18.5 Å². The van der Waals surface area contributed by atoms with Gasteiger partial charge >= 0.3 is 6.18 Å². The third kappa shape index (κ3) is 2.61. The van der Waals surface area contributed by atoms with Crippen molar-refractivity contribution >= 4 is 10.9 Å². The van der Waals surface area contributed by atoms with E-state index in [1.165, 1.54) is 12.1 Å². The molecule has 0 saturated heterocycles. The Labute approximate surface area is 103 Å². The highest BCUT2D eigenvalue weighted by Crippen LogP contribution is 2.37. The van der Waals surface area contributed by atoms with E-state index < -0.39 is 12.1 Å². The molecule has 1 heterocycles. The molecule has 5 heteroatoms. The lowest BCUT2D eigenvalue weighted by Crippen LogP contribution is -2.23. The van der Waals surface area contributed by atoms with Crippen LogP contribution in [0.3, 0.4) is 0 Å². The van der Waals surface area contributed by atoms with Crippen molar-refractivity contribution < 1.29 is 13.2 Å². The quantitative estimate of drug-likeness (QED) is 0.913. The number of nitrogens with two attached hydrogens (primary N) is 1. The lowest BCUT2D eigenvalue weighted by Gasteiger charge is -2.20. The van der Waals surface area contributed by atoms with Crippen LogP contribution < -0.4 is 5.73 Å². The molecule has 96 valence electrons. The zero-order valence-corrected chi connectivity index (χ0v) is 9.61. The van der Waals surface area contributed by atoms with Gasteiger partial charge in [0.2, 0.25) is 0 Å². The molecule has 2 rings (SSSR count). The van der Waals surface area contributed by atoms with Gasteiger partial charge in [-0.15, -0.1) is 0 Å². The van der Waals surface area contributed by atoms with Crippen molar-refractivity contribution in [1.29, 1.82) is 0 Å². The fourth-order valence-electron chi connectivity index (χ4n) is 2.00. The molecule has 1 unspecified atom stereocenters. The number of fused-ring (bicyclic) bond motifs is 1. The minimum absolute atomic E-state index is 0.00918. The summed E-state index contributed by atoms with van der Waals surface area (Å²) in [6, 6.07) is 8.08. The molecule has 1 aromatic heterocycles. The number of nitrogens with zero attached hydrogens (tertiary/aromatic N) is 1. The molecule has 0 amide bonds. The smallest absolute Gasteiger partial charge is 0.330 e. The van der Waals surface area contributed by atoms with Crippen LogP contribution in [0.2, 0.25) is 0 Å². The van der Waals surface area contributed by atoms with Crippen LogP contribution in [0.5, 0.6) is 0 Å². The van der Waals surface area contributed by atoms with E-state index in [1.807, 2.05) is 0 Å². The average molecular weight is 254 g/mol. The molecule has 0 aliphatic carbocycles. The van der Waals surface area contributed by atoms with Gasteiger partial charge in [0.25, 0.3) is 0 Å². The predicted octanol–water partition coefficient (Wildman–Crippen LogP) is 3.23. The first kappa shape index (κ1) is 12.8. The van der Waals surface area contributed by atoms with Crippen LogP contribution in [-0.4, -0.2) is 17.7 Å². The van der Waals surface area contributed by atoms with E-state index in [2.05, 4.69) is 4.98 Å². The van der Waals surface area contributed by atoms with Crippen LogP contribution in [0.25, 0.3) is 10.9 Å². The standard InChI is InChI=1S/C13H13F3N2/c14-13(15,16)11(5-6-17)9-3-4-12-10(8-9)2-1-7-18-12/h1-4,7-8,11H,5-6,17H2. The minimum Gasteiger partial charge on any atom is -0.330 e. The highest BCUT2D eigenvalue weighted by Gasteiger charge is 2.39. The van der Waals surface area contributed by atoms with E-state index in [0.29, 0.717) is 10.9 Å². The van der Waals surface area contributed by atoms with Crippen LogP contribution in [-0.2, 0) is 0 Å². The summed E-state index contributed by atoms with van der Waals surface area (Å²) in [4.78, 5) is 4.08. The number of alkyl halides is 3. The summed E-state index contributed by atoms with van der Waals surface area (Å²) in [7, 11) is 0. The molecule has 18 heavy (non-hydrogen) atoms. The summed E-state index contributed by atoms with van der Waals surface area (Å²) in [6.45, 7) is 0.00918. The van der Waals surface area contributed by atoms with Crippen molar-refractivity contribution in [1.82, 2.24) is 4.98 Å². The molecule has 0 spiro atoms. The van der Waals surface area contributed by atoms with Crippen molar-refractivity contribution in [3.8, 4) is 0 Å². The summed E-state index contributed by atoms with van der Waals surface area (Å²) in [5.74, 6) is -1.51. The largest absolute Gasteiger partial charge is 0.395 e. The van der Waals surface area contributed by atoms with Crippen LogP contribution in [0.15, 0.2) is 36.5 Å². The number of halogens is 3. The number of hydrogen-bond donors (Lipinski definition) is 1. The zero-order chi connectivity index (χ0) is 13.2. The molecular formula is C13H13F3N2. The fraction of sp³-hybridized carbons (Fsp3) is 0.308. The van der Waals surface area contributed by atoms with Gasteiger partial charge in [-0.1, -0.05) is 12.1 Å². The van der Waals surface area contributed by atoms with Crippen LogP contribution in [0.4, 0.5) is 13.2 Å². The van der Waals surface area contributed by atoms with Crippen LogP contribution >= 0.6 is 0 Å². The first-order valence-electron chi connectivity index (χ1n) is 5.64. The molecular weight excluding hydrogens is 241 g/mol. The maximum atomic E-state index is 12.9. The van der Waals surface area contributed by atoms with Crippen molar-refractivity contribution in [2.24, 2.45) is 5.73 Å². The SMILES string of the molecule is NCCC(c1ccc2ncccc2c1)C(F)(F)F. The normalized spacial score (nSPS) is 13.8. The maximum Gasteiger partial charge on any atom is 0.395 e. The summed E-state index contributed by atoms with van der Waals surface area (Å²) in [5, 5.41) is 0.710. The zero-order valence-electron chi connectivity index (χ0n) is 9.61. The molecule has 0 aliphatic rings. The molecule has 0 fully saturated rings. The number of rotatable bonds is 3. The van der Waals surface area contributed by atoms with Gasteiger partial charge in [0.05, 0.1) is 11.4 Å². The highest BCUT2D eigenvalue weighted by atomic mass is 19.4. The summed E-state index contributed by atoms with van der Waals surface area (Å²) < 4.78 is 38.8. The lowest BCUT2D eigenvalue weighted by atomic mass is 9.94. The predicted molar refractivity (Wildman–Crippen MR) is 64.2 cm³/mol. The van der Waals surface area contributed by atoms with Gasteiger partial charge in [-0.25, -0.2) is 0 Å². The molecule has 0 radical (unpaired) electrons. The lowest BCUT2D eigenvalue weighted by molar-refractivity contribution is -0.151. The molecule has 2 N–H and O–H groups in total. The second-order valence-corrected chi connectivity index (χ2v) is 4.13. The number of pyridine rings is 1. The Kier molecular flexibility index (Phi) is 3.52. The Hall–Kier alpha value is -1.62. The van der Waals surface area contributed by atoms with Crippen LogP contribution in [0, 0.1) is 0 Å². The number of aromatic nitrogens is 1. The van der Waals surface area contributed by atoms with Crippen LogP contribution in [0.1, 0.15) is 17.9 Å². The molecule has 1 aromatic carbocycles. The maximum absolute atomic E-state index is 12.9. The first-order chi connectivity index (χ1) is 8.52. The average Bonchev–Trinajstić information content (AvgIpc) is 2.34. The number of benzene rings is 1. The van der Waals surface area contributed by atoms with E-state index in [-0.39, 0.29) is 18.5 Å². The molecule has 2 aromatic rings. The summed E-state index contributed by atoms with van der Waals surface area (Å²) in [5.41, 5.74) is 6.20. The molecule has 0 aliphatic heterocycles. The molecule has 0 saturated carbocycles. The molecule has 2 nitrogen and oxygen atoms in total. The second kappa shape index (κ2) is 4.94. The van der Waals surface area contributed by atoms with Crippen molar-refractivity contribution in [3.63, 3.8) is 0 Å². The Balaban J connectivity index is 2.44. The Morgan fingerprint density at radius 1 is 1.22 bits per heavy atom. The monoisotopic (exact) mass is 254 g/mol. The van der Waals surface area contributed by atoms with E-state index >= 15 is 0 Å². The van der Waals surface area contributed by atoms with Gasteiger partial charge in [-0.05, 0) is 36.7 Å². The van der Waals surface area contributed by atoms with E-state index in [1.54, 1.807) is 24.4 Å². The summed E-state index contributed by atoms with van der Waals surface area (Å²) in [6.07, 6.45) is -2.76.